The molecule has 0 aliphatic carbocycles. The van der Waals surface area contributed by atoms with Crippen LogP contribution in [-0.4, -0.2) is 63.0 Å². The first-order chi connectivity index (χ1) is 16.9. The van der Waals surface area contributed by atoms with E-state index in [0.717, 1.165) is 40.0 Å². The number of fused-ring (bicyclic) bond motifs is 1. The lowest BCUT2D eigenvalue weighted by Crippen LogP contribution is -2.57. The molecule has 5 rings (SSSR count). The third kappa shape index (κ3) is 4.42. The van der Waals surface area contributed by atoms with E-state index in [1.165, 1.54) is 0 Å². The van der Waals surface area contributed by atoms with Crippen LogP contribution in [0.4, 0.5) is 10.5 Å². The molecule has 3 heterocycles. The number of urea groups is 1. The van der Waals surface area contributed by atoms with Crippen LogP contribution in [0, 0.1) is 0 Å². The van der Waals surface area contributed by atoms with Crippen LogP contribution in [0.2, 0.25) is 0 Å². The van der Waals surface area contributed by atoms with Crippen LogP contribution >= 0.6 is 0 Å². The fraction of sp³-hybridized carbons (Fsp3) is 0.308. The number of hydrogen-bond acceptors (Lipinski definition) is 6. The highest BCUT2D eigenvalue weighted by molar-refractivity contribution is 6.01. The van der Waals surface area contributed by atoms with Gasteiger partial charge in [-0.05, 0) is 19.9 Å². The predicted molar refractivity (Wildman–Crippen MR) is 136 cm³/mol. The first kappa shape index (κ1) is 22.8. The van der Waals surface area contributed by atoms with Crippen molar-refractivity contribution in [1.29, 1.82) is 0 Å². The van der Waals surface area contributed by atoms with E-state index in [9.17, 15) is 4.79 Å². The van der Waals surface area contributed by atoms with Crippen LogP contribution in [0.3, 0.4) is 0 Å². The molecular formula is C26H29N7O2. The number of aromatic nitrogens is 4. The fourth-order valence-electron chi connectivity index (χ4n) is 4.53. The summed E-state index contributed by atoms with van der Waals surface area (Å²) in [5.41, 5.74) is 4.75. The molecule has 4 aromatic rings. The Balaban J connectivity index is 1.59. The highest BCUT2D eigenvalue weighted by atomic mass is 16.5. The van der Waals surface area contributed by atoms with Crippen molar-refractivity contribution in [2.24, 2.45) is 7.05 Å². The molecule has 0 spiro atoms. The number of nitrogens with zero attached hydrogens (tertiary/aromatic N) is 5. The second-order valence-electron chi connectivity index (χ2n) is 8.96. The van der Waals surface area contributed by atoms with Gasteiger partial charge in [-0.25, -0.2) is 14.8 Å². The standard InChI is InChI=1S/C26H29N7O2/c1-16-13-33(17(2)12-27-16)26(34)30-22-10-19-21(11-23(22)35-4)28-15-29-25(19)20-14-32(3)31-24(20)18-8-6-5-7-9-18/h5-11,14-17,27H,12-13H2,1-4H3,(H,30,34). The number of ether oxygens (including phenoxy) is 1. The number of piperazine rings is 1. The molecule has 1 fully saturated rings. The average Bonchev–Trinajstić information content (AvgIpc) is 3.26. The molecule has 2 amide bonds. The Bertz CT molecular complexity index is 1370. The number of hydrogen-bond donors (Lipinski definition) is 2. The number of rotatable bonds is 4. The third-order valence-electron chi connectivity index (χ3n) is 6.35. The highest BCUT2D eigenvalue weighted by Crippen LogP contribution is 2.37. The first-order valence-corrected chi connectivity index (χ1v) is 11.7. The molecule has 0 saturated carbocycles. The topological polar surface area (TPSA) is 97.2 Å². The minimum absolute atomic E-state index is 0.0837. The van der Waals surface area contributed by atoms with E-state index in [1.807, 2.05) is 67.5 Å². The summed E-state index contributed by atoms with van der Waals surface area (Å²) in [6.45, 7) is 5.50. The maximum absolute atomic E-state index is 13.2. The SMILES string of the molecule is COc1cc2ncnc(-c3cn(C)nc3-c3ccccc3)c2cc1NC(=O)N1CC(C)NCC1C. The van der Waals surface area contributed by atoms with Crippen molar-refractivity contribution in [2.75, 3.05) is 25.5 Å². The van der Waals surface area contributed by atoms with Crippen LogP contribution in [0.5, 0.6) is 5.75 Å². The molecule has 9 heteroatoms. The molecule has 2 aromatic carbocycles. The molecule has 2 aromatic heterocycles. The zero-order chi connectivity index (χ0) is 24.5. The van der Waals surface area contributed by atoms with E-state index in [0.29, 0.717) is 18.0 Å². The minimum Gasteiger partial charge on any atom is -0.494 e. The molecule has 1 aliphatic heterocycles. The summed E-state index contributed by atoms with van der Waals surface area (Å²) in [5.74, 6) is 0.542. The highest BCUT2D eigenvalue weighted by Gasteiger charge is 2.27. The molecule has 35 heavy (non-hydrogen) atoms. The molecule has 2 atom stereocenters. The molecule has 1 aliphatic rings. The van der Waals surface area contributed by atoms with Crippen molar-refractivity contribution < 1.29 is 9.53 Å². The predicted octanol–water partition coefficient (Wildman–Crippen LogP) is 3.92. The van der Waals surface area contributed by atoms with Gasteiger partial charge in [0.1, 0.15) is 17.8 Å². The Hall–Kier alpha value is -3.98. The van der Waals surface area contributed by atoms with Crippen LogP contribution in [0.15, 0.2) is 55.0 Å². The van der Waals surface area contributed by atoms with Crippen molar-refractivity contribution in [3.05, 3.63) is 55.0 Å². The van der Waals surface area contributed by atoms with Gasteiger partial charge in [0.05, 0.1) is 24.0 Å². The molecule has 2 N–H and O–H groups in total. The van der Waals surface area contributed by atoms with Crippen molar-refractivity contribution >= 4 is 22.6 Å². The largest absolute Gasteiger partial charge is 0.494 e. The Morgan fingerprint density at radius 3 is 2.71 bits per heavy atom. The Morgan fingerprint density at radius 2 is 1.94 bits per heavy atom. The third-order valence-corrected chi connectivity index (χ3v) is 6.35. The zero-order valence-electron chi connectivity index (χ0n) is 20.3. The van der Waals surface area contributed by atoms with Gasteiger partial charge >= 0.3 is 6.03 Å². The second-order valence-corrected chi connectivity index (χ2v) is 8.96. The van der Waals surface area contributed by atoms with Crippen molar-refractivity contribution in [3.63, 3.8) is 0 Å². The zero-order valence-corrected chi connectivity index (χ0v) is 20.3. The van der Waals surface area contributed by atoms with E-state index in [4.69, 9.17) is 9.84 Å². The van der Waals surface area contributed by atoms with Crippen molar-refractivity contribution in [1.82, 2.24) is 30.0 Å². The summed E-state index contributed by atoms with van der Waals surface area (Å²) >= 11 is 0. The lowest BCUT2D eigenvalue weighted by atomic mass is 10.0. The van der Waals surface area contributed by atoms with Gasteiger partial charge in [-0.15, -0.1) is 0 Å². The summed E-state index contributed by atoms with van der Waals surface area (Å²) in [5, 5.41) is 12.0. The Labute approximate surface area is 204 Å². The van der Waals surface area contributed by atoms with E-state index < -0.39 is 0 Å². The van der Waals surface area contributed by atoms with Gasteiger partial charge in [0.25, 0.3) is 0 Å². The fourth-order valence-corrected chi connectivity index (χ4v) is 4.53. The number of nitrogens with one attached hydrogen (secondary N) is 2. The van der Waals surface area contributed by atoms with E-state index >= 15 is 0 Å². The lowest BCUT2D eigenvalue weighted by molar-refractivity contribution is 0.161. The van der Waals surface area contributed by atoms with Gasteiger partial charge in [0, 0.05) is 61.0 Å². The van der Waals surface area contributed by atoms with Crippen molar-refractivity contribution in [2.45, 2.75) is 25.9 Å². The maximum Gasteiger partial charge on any atom is 0.322 e. The van der Waals surface area contributed by atoms with Crippen LogP contribution < -0.4 is 15.4 Å². The molecule has 2 unspecified atom stereocenters. The van der Waals surface area contributed by atoms with E-state index in [1.54, 1.807) is 18.1 Å². The molecular weight excluding hydrogens is 442 g/mol. The average molecular weight is 472 g/mol. The van der Waals surface area contributed by atoms with Gasteiger partial charge in [-0.2, -0.15) is 5.10 Å². The number of amides is 2. The van der Waals surface area contributed by atoms with Gasteiger partial charge in [-0.3, -0.25) is 4.68 Å². The molecule has 9 nitrogen and oxygen atoms in total. The number of carbonyl (C=O) groups is 1. The quantitative estimate of drug-likeness (QED) is 0.468. The minimum atomic E-state index is -0.159. The summed E-state index contributed by atoms with van der Waals surface area (Å²) in [4.78, 5) is 24.2. The molecule has 0 radical (unpaired) electrons. The first-order valence-electron chi connectivity index (χ1n) is 11.7. The lowest BCUT2D eigenvalue weighted by Gasteiger charge is -2.37. The normalized spacial score (nSPS) is 18.0. The number of benzene rings is 2. The molecule has 1 saturated heterocycles. The second kappa shape index (κ2) is 9.34. The summed E-state index contributed by atoms with van der Waals surface area (Å²) in [7, 11) is 3.48. The van der Waals surface area contributed by atoms with Crippen LogP contribution in [-0.2, 0) is 7.05 Å². The Morgan fingerprint density at radius 1 is 1.14 bits per heavy atom. The number of anilines is 1. The number of aryl methyl sites for hydroxylation is 1. The van der Waals surface area contributed by atoms with Gasteiger partial charge in [-0.1, -0.05) is 30.3 Å². The Kier molecular flexibility index (Phi) is 6.08. The number of carbonyl (C=O) groups excluding carboxylic acids is 1. The van der Waals surface area contributed by atoms with Crippen molar-refractivity contribution in [3.8, 4) is 28.3 Å². The smallest absolute Gasteiger partial charge is 0.322 e. The molecule has 0 bridgehead atoms. The molecule has 180 valence electrons. The van der Waals surface area contributed by atoms with Gasteiger partial charge < -0.3 is 20.3 Å². The van der Waals surface area contributed by atoms with Crippen LogP contribution in [0.25, 0.3) is 33.4 Å². The summed E-state index contributed by atoms with van der Waals surface area (Å²) in [6, 6.07) is 13.9. The monoisotopic (exact) mass is 471 g/mol. The van der Waals surface area contributed by atoms with Crippen LogP contribution in [0.1, 0.15) is 13.8 Å². The van der Waals surface area contributed by atoms with Gasteiger partial charge in [0.2, 0.25) is 0 Å². The van der Waals surface area contributed by atoms with Gasteiger partial charge in [0.15, 0.2) is 0 Å². The number of methoxy groups -OCH3 is 1. The summed E-state index contributed by atoms with van der Waals surface area (Å²) < 4.78 is 7.39. The summed E-state index contributed by atoms with van der Waals surface area (Å²) in [6.07, 6.45) is 3.50. The maximum atomic E-state index is 13.2. The van der Waals surface area contributed by atoms with E-state index in [2.05, 4.69) is 27.5 Å². The van der Waals surface area contributed by atoms with E-state index in [-0.39, 0.29) is 18.1 Å².